The molecule has 0 bridgehead atoms. The van der Waals surface area contributed by atoms with Gasteiger partial charge < -0.3 is 20.1 Å². The molecule has 0 aliphatic heterocycles. The number of nitrogens with zero attached hydrogens (tertiary/aromatic N) is 1. The van der Waals surface area contributed by atoms with E-state index in [2.05, 4.69) is 36.4 Å². The van der Waals surface area contributed by atoms with E-state index in [1.54, 1.807) is 7.11 Å². The third-order valence-corrected chi connectivity index (χ3v) is 6.94. The molecule has 2 saturated carbocycles. The average Bonchev–Trinajstić information content (AvgIpc) is 3.04. The molecule has 0 radical (unpaired) electrons. The molecule has 2 aliphatic carbocycles. The van der Waals surface area contributed by atoms with Gasteiger partial charge in [0.05, 0.1) is 5.60 Å². The number of hydrogen-bond acceptors (Lipinski definition) is 3. The van der Waals surface area contributed by atoms with Crippen molar-refractivity contribution in [3.63, 3.8) is 0 Å². The van der Waals surface area contributed by atoms with E-state index in [-0.39, 0.29) is 35.0 Å². The maximum Gasteiger partial charge on any atom is 0.191 e. The van der Waals surface area contributed by atoms with Gasteiger partial charge in [0, 0.05) is 45.9 Å². The Morgan fingerprint density at radius 2 is 1.80 bits per heavy atom. The van der Waals surface area contributed by atoms with Crippen molar-refractivity contribution in [2.24, 2.45) is 15.8 Å². The number of hydrogen-bond donors (Lipinski definition) is 2. The summed E-state index contributed by atoms with van der Waals surface area (Å²) in [6, 6.07) is 0.382. The van der Waals surface area contributed by atoms with E-state index in [4.69, 9.17) is 9.47 Å². The monoisotopic (exact) mass is 467 g/mol. The van der Waals surface area contributed by atoms with Gasteiger partial charge in [-0.05, 0) is 38.0 Å². The summed E-state index contributed by atoms with van der Waals surface area (Å²) in [6.07, 6.45) is 7.38. The number of halogens is 1. The normalized spacial score (nSPS) is 30.3. The first kappa shape index (κ1) is 23.0. The minimum Gasteiger partial charge on any atom is -0.385 e. The van der Waals surface area contributed by atoms with E-state index in [1.807, 2.05) is 14.2 Å². The Labute approximate surface area is 171 Å². The van der Waals surface area contributed by atoms with Crippen molar-refractivity contribution in [2.75, 3.05) is 34.4 Å². The highest BCUT2D eigenvalue weighted by molar-refractivity contribution is 14.0. The van der Waals surface area contributed by atoms with Crippen LogP contribution in [0.2, 0.25) is 0 Å². The van der Waals surface area contributed by atoms with Crippen LogP contribution in [0, 0.1) is 10.8 Å². The molecule has 0 amide bonds. The number of guanidine groups is 1. The zero-order valence-electron chi connectivity index (χ0n) is 16.9. The molecular weight excluding hydrogens is 429 g/mol. The van der Waals surface area contributed by atoms with Crippen LogP contribution in [0.3, 0.4) is 0 Å². The lowest BCUT2D eigenvalue weighted by Gasteiger charge is -2.59. The van der Waals surface area contributed by atoms with Gasteiger partial charge >= 0.3 is 0 Å². The summed E-state index contributed by atoms with van der Waals surface area (Å²) >= 11 is 0. The van der Waals surface area contributed by atoms with Crippen LogP contribution in [0.5, 0.6) is 0 Å². The molecule has 2 N–H and O–H groups in total. The number of aliphatic imine (C=N–C) groups is 1. The van der Waals surface area contributed by atoms with Gasteiger partial charge in [-0.25, -0.2) is 0 Å². The van der Waals surface area contributed by atoms with Gasteiger partial charge in [0.1, 0.15) is 0 Å². The van der Waals surface area contributed by atoms with Crippen LogP contribution in [0.15, 0.2) is 4.99 Å². The summed E-state index contributed by atoms with van der Waals surface area (Å²) in [5, 5.41) is 7.19. The lowest BCUT2D eigenvalue weighted by molar-refractivity contribution is -0.176. The Hall–Kier alpha value is -0.0800. The lowest BCUT2D eigenvalue weighted by atomic mass is 9.56. The molecule has 2 rings (SSSR count). The fourth-order valence-electron chi connectivity index (χ4n) is 4.31. The first-order valence-corrected chi connectivity index (χ1v) is 9.34. The largest absolute Gasteiger partial charge is 0.385 e. The van der Waals surface area contributed by atoms with Crippen molar-refractivity contribution < 1.29 is 9.47 Å². The molecule has 148 valence electrons. The van der Waals surface area contributed by atoms with Crippen LogP contribution < -0.4 is 10.6 Å². The van der Waals surface area contributed by atoms with E-state index < -0.39 is 0 Å². The van der Waals surface area contributed by atoms with E-state index >= 15 is 0 Å². The van der Waals surface area contributed by atoms with Gasteiger partial charge in [-0.2, -0.15) is 0 Å². The Morgan fingerprint density at radius 1 is 1.16 bits per heavy atom. The molecule has 0 spiro atoms. The summed E-state index contributed by atoms with van der Waals surface area (Å²) in [7, 11) is 5.46. The summed E-state index contributed by atoms with van der Waals surface area (Å²) in [5.74, 6) is 0.912. The zero-order chi connectivity index (χ0) is 17.8. The highest BCUT2D eigenvalue weighted by Gasteiger charge is 2.58. The number of nitrogens with one attached hydrogen (secondary N) is 2. The van der Waals surface area contributed by atoms with Gasteiger partial charge in [0.15, 0.2) is 5.96 Å². The second-order valence-electron chi connectivity index (χ2n) is 8.43. The van der Waals surface area contributed by atoms with E-state index in [9.17, 15) is 0 Å². The molecule has 5 nitrogen and oxygen atoms in total. The molecule has 0 aromatic rings. The number of ether oxygens (including phenoxy) is 2. The van der Waals surface area contributed by atoms with Crippen LogP contribution in [0.1, 0.15) is 59.3 Å². The molecule has 0 saturated heterocycles. The molecule has 25 heavy (non-hydrogen) atoms. The molecule has 2 unspecified atom stereocenters. The second kappa shape index (κ2) is 9.22. The van der Waals surface area contributed by atoms with Gasteiger partial charge in [0.2, 0.25) is 0 Å². The summed E-state index contributed by atoms with van der Waals surface area (Å²) in [4.78, 5) is 4.44. The molecule has 0 heterocycles. The first-order valence-electron chi connectivity index (χ1n) is 9.34. The van der Waals surface area contributed by atoms with Gasteiger partial charge in [0.25, 0.3) is 0 Å². The molecule has 0 aromatic carbocycles. The van der Waals surface area contributed by atoms with Gasteiger partial charge in [-0.1, -0.05) is 26.7 Å². The van der Waals surface area contributed by atoms with Crippen molar-refractivity contribution in [3.8, 4) is 0 Å². The maximum absolute atomic E-state index is 5.72. The molecule has 2 aliphatic rings. The van der Waals surface area contributed by atoms with E-state index in [0.29, 0.717) is 11.5 Å². The van der Waals surface area contributed by atoms with Gasteiger partial charge in [-0.15, -0.1) is 24.0 Å². The maximum atomic E-state index is 5.72. The zero-order valence-corrected chi connectivity index (χ0v) is 19.2. The fourth-order valence-corrected chi connectivity index (χ4v) is 4.31. The third-order valence-electron chi connectivity index (χ3n) is 6.94. The Kier molecular flexibility index (Phi) is 8.47. The second-order valence-corrected chi connectivity index (χ2v) is 8.43. The Morgan fingerprint density at radius 3 is 2.28 bits per heavy atom. The molecule has 2 fully saturated rings. The van der Waals surface area contributed by atoms with Crippen LogP contribution in [0.4, 0.5) is 0 Å². The molecule has 6 heteroatoms. The third kappa shape index (κ3) is 4.80. The smallest absolute Gasteiger partial charge is 0.191 e. The summed E-state index contributed by atoms with van der Waals surface area (Å²) < 4.78 is 11.0. The van der Waals surface area contributed by atoms with Crippen LogP contribution in [0.25, 0.3) is 0 Å². The minimum atomic E-state index is -0.0609. The highest BCUT2D eigenvalue weighted by Crippen LogP contribution is 2.51. The Bertz CT molecular complexity index is 450. The highest BCUT2D eigenvalue weighted by atomic mass is 127. The Balaban J connectivity index is 0.00000312. The van der Waals surface area contributed by atoms with Crippen molar-refractivity contribution in [1.29, 1.82) is 0 Å². The van der Waals surface area contributed by atoms with Crippen molar-refractivity contribution in [3.05, 3.63) is 0 Å². The van der Waals surface area contributed by atoms with Crippen molar-refractivity contribution >= 4 is 29.9 Å². The van der Waals surface area contributed by atoms with Crippen LogP contribution >= 0.6 is 24.0 Å². The predicted molar refractivity (Wildman–Crippen MR) is 115 cm³/mol. The van der Waals surface area contributed by atoms with Crippen LogP contribution in [-0.4, -0.2) is 52.0 Å². The summed E-state index contributed by atoms with van der Waals surface area (Å²) in [5.41, 5.74) is 0.388. The predicted octanol–water partition coefficient (Wildman–Crippen LogP) is 3.57. The molecule has 2 atom stereocenters. The first-order chi connectivity index (χ1) is 11.3. The quantitative estimate of drug-likeness (QED) is 0.342. The molecular formula is C19H38IN3O2. The average molecular weight is 467 g/mol. The van der Waals surface area contributed by atoms with Crippen molar-refractivity contribution in [2.45, 2.75) is 70.9 Å². The molecule has 0 aromatic heterocycles. The number of rotatable bonds is 7. The standard InChI is InChI=1S/C19H37N3O2.HI/c1-17(2)15(13-18(17,3)24-6)22-16(20-4)21-14-19(11-12-23-5)9-7-8-10-19;/h15H,7-14H2,1-6H3,(H2,20,21,22);1H. The minimum absolute atomic E-state index is 0. The number of methoxy groups -OCH3 is 2. The SMILES string of the molecule is CN=C(NCC1(CCOC)CCCC1)NC1CC(C)(OC)C1(C)C.I. The fraction of sp³-hybridized carbons (Fsp3) is 0.947. The van der Waals surface area contributed by atoms with Crippen LogP contribution in [-0.2, 0) is 9.47 Å². The topological polar surface area (TPSA) is 54.9 Å². The lowest BCUT2D eigenvalue weighted by Crippen LogP contribution is -2.69. The summed E-state index contributed by atoms with van der Waals surface area (Å²) in [6.45, 7) is 8.55. The van der Waals surface area contributed by atoms with E-state index in [0.717, 1.165) is 32.0 Å². The van der Waals surface area contributed by atoms with Gasteiger partial charge in [-0.3, -0.25) is 4.99 Å². The van der Waals surface area contributed by atoms with E-state index in [1.165, 1.54) is 25.7 Å². The van der Waals surface area contributed by atoms with Crippen molar-refractivity contribution in [1.82, 2.24) is 10.6 Å².